The van der Waals surface area contributed by atoms with Gasteiger partial charge in [0.1, 0.15) is 0 Å². The minimum Gasteiger partial charge on any atom is -0.242 e. The highest BCUT2D eigenvalue weighted by molar-refractivity contribution is 7.09. The third kappa shape index (κ3) is 1.92. The van der Waals surface area contributed by atoms with E-state index in [4.69, 9.17) is 23.2 Å². The first kappa shape index (κ1) is 9.97. The van der Waals surface area contributed by atoms with Gasteiger partial charge in [-0.3, -0.25) is 0 Å². The Morgan fingerprint density at radius 3 is 2.57 bits per heavy atom. The maximum atomic E-state index is 5.91. The largest absolute Gasteiger partial charge is 0.242 e. The highest BCUT2D eigenvalue weighted by Crippen LogP contribution is 2.28. The Hall–Kier alpha value is -0.570. The molecule has 0 saturated heterocycles. The summed E-state index contributed by atoms with van der Waals surface area (Å²) in [7, 11) is 0. The zero-order valence-electron chi connectivity index (χ0n) is 7.42. The van der Waals surface area contributed by atoms with E-state index in [0.717, 1.165) is 16.3 Å². The molecule has 0 radical (unpaired) electrons. The molecule has 1 nitrogen and oxygen atoms in total. The van der Waals surface area contributed by atoms with Crippen molar-refractivity contribution >= 4 is 34.5 Å². The molecule has 2 rings (SSSR count). The van der Waals surface area contributed by atoms with Gasteiger partial charge < -0.3 is 0 Å². The molecule has 0 aliphatic heterocycles. The van der Waals surface area contributed by atoms with Crippen LogP contribution in [0.4, 0.5) is 0 Å². The van der Waals surface area contributed by atoms with Crippen LogP contribution < -0.4 is 0 Å². The zero-order valence-corrected chi connectivity index (χ0v) is 9.75. The second kappa shape index (κ2) is 3.89. The second-order valence-electron chi connectivity index (χ2n) is 2.88. The summed E-state index contributed by atoms with van der Waals surface area (Å²) < 4.78 is 0. The molecule has 0 amide bonds. The fourth-order valence-corrected chi connectivity index (χ4v) is 2.07. The fourth-order valence-electron chi connectivity index (χ4n) is 1.15. The van der Waals surface area contributed by atoms with E-state index in [-0.39, 0.29) is 0 Å². The number of thiazole rings is 1. The number of benzene rings is 1. The van der Waals surface area contributed by atoms with Crippen LogP contribution in [0.1, 0.15) is 5.01 Å². The average molecular weight is 244 g/mol. The number of aromatic nitrogens is 1. The third-order valence-electron chi connectivity index (χ3n) is 1.83. The van der Waals surface area contributed by atoms with E-state index in [1.54, 1.807) is 17.4 Å². The molecule has 0 atom stereocenters. The Labute approximate surface area is 96.3 Å². The van der Waals surface area contributed by atoms with Gasteiger partial charge in [0.15, 0.2) is 0 Å². The number of nitrogens with zero attached hydrogens (tertiary/aromatic N) is 1. The molecule has 0 fully saturated rings. The lowest BCUT2D eigenvalue weighted by molar-refractivity contribution is 1.30. The van der Waals surface area contributed by atoms with Crippen LogP contribution in [0.2, 0.25) is 10.0 Å². The van der Waals surface area contributed by atoms with Crippen LogP contribution >= 0.6 is 34.5 Å². The second-order valence-corrected chi connectivity index (χ2v) is 4.76. The monoisotopic (exact) mass is 243 g/mol. The van der Waals surface area contributed by atoms with Crippen LogP contribution in [0, 0.1) is 6.92 Å². The lowest BCUT2D eigenvalue weighted by Crippen LogP contribution is -1.78. The van der Waals surface area contributed by atoms with Crippen LogP contribution in [0.25, 0.3) is 11.3 Å². The van der Waals surface area contributed by atoms with E-state index in [2.05, 4.69) is 4.98 Å². The number of hydrogen-bond donors (Lipinski definition) is 0. The van der Waals surface area contributed by atoms with E-state index in [1.807, 2.05) is 24.4 Å². The Kier molecular flexibility index (Phi) is 2.77. The first-order chi connectivity index (χ1) is 6.66. The van der Waals surface area contributed by atoms with E-state index >= 15 is 0 Å². The Morgan fingerprint density at radius 2 is 2.00 bits per heavy atom. The normalized spacial score (nSPS) is 10.5. The Morgan fingerprint density at radius 1 is 1.21 bits per heavy atom. The van der Waals surface area contributed by atoms with E-state index < -0.39 is 0 Å². The molecule has 4 heteroatoms. The predicted molar refractivity (Wildman–Crippen MR) is 62.3 cm³/mol. The van der Waals surface area contributed by atoms with Crippen LogP contribution in [0.3, 0.4) is 0 Å². The fraction of sp³-hybridized carbons (Fsp3) is 0.100. The standard InChI is InChI=1S/C10H7Cl2NS/c1-6-13-10(5-14-6)7-2-3-8(11)9(12)4-7/h2-5H,1H3. The smallest absolute Gasteiger partial charge is 0.0901 e. The molecule has 2 aromatic rings. The topological polar surface area (TPSA) is 12.9 Å². The molecular formula is C10H7Cl2NS. The number of rotatable bonds is 1. The van der Waals surface area contributed by atoms with Crippen LogP contribution in [0.5, 0.6) is 0 Å². The van der Waals surface area contributed by atoms with Crippen LogP contribution in [0.15, 0.2) is 23.6 Å². The molecule has 14 heavy (non-hydrogen) atoms. The van der Waals surface area contributed by atoms with Gasteiger partial charge in [-0.25, -0.2) is 4.98 Å². The molecule has 0 N–H and O–H groups in total. The summed E-state index contributed by atoms with van der Waals surface area (Å²) in [5.41, 5.74) is 1.95. The first-order valence-electron chi connectivity index (χ1n) is 4.04. The van der Waals surface area contributed by atoms with Crippen LogP contribution in [-0.2, 0) is 0 Å². The van der Waals surface area contributed by atoms with Crippen molar-refractivity contribution in [3.8, 4) is 11.3 Å². The molecular weight excluding hydrogens is 237 g/mol. The summed E-state index contributed by atoms with van der Waals surface area (Å²) in [6.45, 7) is 1.98. The molecule has 1 heterocycles. The van der Waals surface area contributed by atoms with Gasteiger partial charge in [0.25, 0.3) is 0 Å². The van der Waals surface area contributed by atoms with Gasteiger partial charge in [0.05, 0.1) is 20.7 Å². The summed E-state index contributed by atoms with van der Waals surface area (Å²) in [4.78, 5) is 4.37. The maximum Gasteiger partial charge on any atom is 0.0901 e. The van der Waals surface area contributed by atoms with Gasteiger partial charge in [-0.05, 0) is 19.1 Å². The summed E-state index contributed by atoms with van der Waals surface area (Å²) >= 11 is 13.4. The van der Waals surface area contributed by atoms with E-state index in [9.17, 15) is 0 Å². The van der Waals surface area contributed by atoms with E-state index in [1.165, 1.54) is 0 Å². The molecule has 0 saturated carbocycles. The third-order valence-corrected chi connectivity index (χ3v) is 3.35. The molecule has 1 aromatic heterocycles. The molecule has 72 valence electrons. The van der Waals surface area contributed by atoms with Gasteiger partial charge in [-0.2, -0.15) is 0 Å². The number of hydrogen-bond acceptors (Lipinski definition) is 2. The van der Waals surface area contributed by atoms with Crippen molar-refractivity contribution in [1.29, 1.82) is 0 Å². The highest BCUT2D eigenvalue weighted by atomic mass is 35.5. The minimum absolute atomic E-state index is 0.565. The number of aryl methyl sites for hydroxylation is 1. The minimum atomic E-state index is 0.565. The van der Waals surface area contributed by atoms with Crippen molar-refractivity contribution in [2.75, 3.05) is 0 Å². The van der Waals surface area contributed by atoms with Gasteiger partial charge >= 0.3 is 0 Å². The van der Waals surface area contributed by atoms with Crippen molar-refractivity contribution in [1.82, 2.24) is 4.98 Å². The number of halogens is 2. The molecule has 1 aromatic carbocycles. The zero-order chi connectivity index (χ0) is 10.1. The van der Waals surface area contributed by atoms with Crippen molar-refractivity contribution in [3.05, 3.63) is 38.6 Å². The highest BCUT2D eigenvalue weighted by Gasteiger charge is 2.04. The quantitative estimate of drug-likeness (QED) is 0.723. The Balaban J connectivity index is 2.47. The van der Waals surface area contributed by atoms with Crippen molar-refractivity contribution < 1.29 is 0 Å². The van der Waals surface area contributed by atoms with Gasteiger partial charge in [0.2, 0.25) is 0 Å². The SMILES string of the molecule is Cc1nc(-c2ccc(Cl)c(Cl)c2)cs1. The molecule has 0 unspecified atom stereocenters. The molecule has 0 aliphatic rings. The van der Waals surface area contributed by atoms with E-state index in [0.29, 0.717) is 10.0 Å². The average Bonchev–Trinajstić information content (AvgIpc) is 2.57. The summed E-state index contributed by atoms with van der Waals surface area (Å²) in [5.74, 6) is 0. The maximum absolute atomic E-state index is 5.91. The van der Waals surface area contributed by atoms with Gasteiger partial charge in [-0.15, -0.1) is 11.3 Å². The Bertz CT molecular complexity index is 465. The molecule has 0 spiro atoms. The van der Waals surface area contributed by atoms with Gasteiger partial charge in [0, 0.05) is 10.9 Å². The molecule has 0 aliphatic carbocycles. The molecule has 0 bridgehead atoms. The van der Waals surface area contributed by atoms with Crippen molar-refractivity contribution in [2.24, 2.45) is 0 Å². The summed E-state index contributed by atoms with van der Waals surface area (Å²) in [6.07, 6.45) is 0. The van der Waals surface area contributed by atoms with Gasteiger partial charge in [-0.1, -0.05) is 29.3 Å². The van der Waals surface area contributed by atoms with Crippen molar-refractivity contribution in [3.63, 3.8) is 0 Å². The summed E-state index contributed by atoms with van der Waals surface area (Å²) in [5, 5.41) is 4.19. The van der Waals surface area contributed by atoms with Crippen LogP contribution in [-0.4, -0.2) is 4.98 Å². The lowest BCUT2D eigenvalue weighted by atomic mass is 10.2. The predicted octanol–water partition coefficient (Wildman–Crippen LogP) is 4.43. The first-order valence-corrected chi connectivity index (χ1v) is 5.68. The van der Waals surface area contributed by atoms with Crippen molar-refractivity contribution in [2.45, 2.75) is 6.92 Å². The lowest BCUT2D eigenvalue weighted by Gasteiger charge is -1.99. The summed E-state index contributed by atoms with van der Waals surface area (Å²) in [6, 6.07) is 5.54.